The summed E-state index contributed by atoms with van der Waals surface area (Å²) in [4.78, 5) is 20.9. The van der Waals surface area contributed by atoms with Gasteiger partial charge in [-0.15, -0.1) is 10.2 Å². The number of methoxy groups -OCH3 is 1. The molecule has 1 aromatic carbocycles. The predicted molar refractivity (Wildman–Crippen MR) is 134 cm³/mol. The molecule has 0 amide bonds. The van der Waals surface area contributed by atoms with E-state index in [4.69, 9.17) is 9.26 Å². The van der Waals surface area contributed by atoms with Gasteiger partial charge in [0, 0.05) is 25.8 Å². The zero-order valence-electron chi connectivity index (χ0n) is 19.6. The van der Waals surface area contributed by atoms with Crippen LogP contribution in [0.1, 0.15) is 49.3 Å². The molecule has 4 heterocycles. The fourth-order valence-electron chi connectivity index (χ4n) is 4.25. The van der Waals surface area contributed by atoms with Crippen molar-refractivity contribution in [2.24, 2.45) is 0 Å². The molecule has 0 unspecified atom stereocenters. The van der Waals surface area contributed by atoms with Crippen LogP contribution in [-0.2, 0) is 25.8 Å². The number of halogens is 1. The lowest BCUT2D eigenvalue weighted by molar-refractivity contribution is 0.373. The molecule has 0 aliphatic heterocycles. The molecule has 0 aliphatic carbocycles. The third-order valence-electron chi connectivity index (χ3n) is 5.98. The Labute approximate surface area is 209 Å². The summed E-state index contributed by atoms with van der Waals surface area (Å²) in [7, 11) is 1.64. The van der Waals surface area contributed by atoms with Crippen LogP contribution in [0.15, 0.2) is 44.3 Å². The maximum Gasteiger partial charge on any atom is 0.284 e. The zero-order chi connectivity index (χ0) is 24.4. The average Bonchev–Trinajstić information content (AvgIpc) is 3.58. The van der Waals surface area contributed by atoms with Gasteiger partial charge in [0.2, 0.25) is 11.7 Å². The summed E-state index contributed by atoms with van der Waals surface area (Å²) in [5.74, 6) is 2.98. The maximum atomic E-state index is 13.3. The van der Waals surface area contributed by atoms with Crippen molar-refractivity contribution in [3.63, 3.8) is 0 Å². The van der Waals surface area contributed by atoms with E-state index in [2.05, 4.69) is 52.7 Å². The van der Waals surface area contributed by atoms with Crippen LogP contribution in [0.3, 0.4) is 0 Å². The van der Waals surface area contributed by atoms with Gasteiger partial charge in [0.05, 0.1) is 17.2 Å². The van der Waals surface area contributed by atoms with Gasteiger partial charge in [-0.05, 0) is 46.1 Å². The number of nitrogens with one attached hydrogen (secondary N) is 1. The molecule has 0 bridgehead atoms. The molecule has 1 N–H and O–H groups in total. The van der Waals surface area contributed by atoms with E-state index < -0.39 is 0 Å². The number of nitrogens with zero attached hydrogens (tertiary/aromatic N) is 6. The molecule has 35 heavy (non-hydrogen) atoms. The van der Waals surface area contributed by atoms with Crippen molar-refractivity contribution in [2.45, 2.75) is 52.0 Å². The lowest BCUT2D eigenvalue weighted by Gasteiger charge is -2.10. The van der Waals surface area contributed by atoms with E-state index in [1.165, 1.54) is 0 Å². The van der Waals surface area contributed by atoms with Crippen molar-refractivity contribution in [1.82, 2.24) is 34.3 Å². The summed E-state index contributed by atoms with van der Waals surface area (Å²) in [6.07, 6.45) is 4.64. The number of hydrogen-bond donors (Lipinski definition) is 1. The standard InChI is InChI=1S/C24H26BrN7O3/c1-3-4-5-11-31-17-14-18(25)26-22(17)23(33)32-20(28-29-24(31)32)9-10-21-27-19(30-35-21)13-15-7-6-8-16(12-15)34-2/h6-8,12,14,26H,3-5,9-11,13H2,1-2H3. The molecule has 5 rings (SSSR count). The first-order valence-corrected chi connectivity index (χ1v) is 12.5. The molecule has 0 spiro atoms. The first-order valence-electron chi connectivity index (χ1n) is 11.7. The van der Waals surface area contributed by atoms with Crippen molar-refractivity contribution in [3.8, 4) is 5.75 Å². The summed E-state index contributed by atoms with van der Waals surface area (Å²) in [6, 6.07) is 9.68. The molecule has 11 heteroatoms. The molecule has 0 aliphatic rings. The van der Waals surface area contributed by atoms with Crippen molar-refractivity contribution >= 4 is 32.7 Å². The van der Waals surface area contributed by atoms with Gasteiger partial charge in [-0.1, -0.05) is 37.1 Å². The normalized spacial score (nSPS) is 11.6. The molecule has 0 radical (unpaired) electrons. The molecule has 0 saturated heterocycles. The Kier molecular flexibility index (Phi) is 6.67. The summed E-state index contributed by atoms with van der Waals surface area (Å²) in [6.45, 7) is 2.92. The number of aromatic nitrogens is 7. The SMILES string of the molecule is CCCCCn1c2cc(Br)[nH]c2c(=O)n2c(CCc3nc(Cc4cccc(OC)c4)no3)nnc12. The fourth-order valence-corrected chi connectivity index (χ4v) is 4.66. The largest absolute Gasteiger partial charge is 0.497 e. The van der Waals surface area contributed by atoms with Gasteiger partial charge >= 0.3 is 0 Å². The van der Waals surface area contributed by atoms with Gasteiger partial charge in [-0.2, -0.15) is 4.98 Å². The highest BCUT2D eigenvalue weighted by Crippen LogP contribution is 2.20. The molecule has 0 saturated carbocycles. The summed E-state index contributed by atoms with van der Waals surface area (Å²) >= 11 is 3.46. The Morgan fingerprint density at radius 1 is 1.17 bits per heavy atom. The minimum Gasteiger partial charge on any atom is -0.497 e. The molecule has 10 nitrogen and oxygen atoms in total. The van der Waals surface area contributed by atoms with E-state index in [-0.39, 0.29) is 5.56 Å². The summed E-state index contributed by atoms with van der Waals surface area (Å²) < 4.78 is 15.1. The van der Waals surface area contributed by atoms with Crippen LogP contribution in [0.5, 0.6) is 5.75 Å². The Hall–Kier alpha value is -3.47. The van der Waals surface area contributed by atoms with Crippen LogP contribution in [0.25, 0.3) is 16.8 Å². The van der Waals surface area contributed by atoms with E-state index in [0.717, 1.165) is 47.2 Å². The number of H-pyrrole nitrogens is 1. The summed E-state index contributed by atoms with van der Waals surface area (Å²) in [5.41, 5.74) is 2.21. The number of ether oxygens (including phenoxy) is 1. The van der Waals surface area contributed by atoms with Gasteiger partial charge in [0.1, 0.15) is 17.1 Å². The van der Waals surface area contributed by atoms with E-state index in [0.29, 0.717) is 48.1 Å². The highest BCUT2D eigenvalue weighted by molar-refractivity contribution is 9.10. The van der Waals surface area contributed by atoms with Crippen LogP contribution in [0.4, 0.5) is 0 Å². The predicted octanol–water partition coefficient (Wildman–Crippen LogP) is 4.09. The van der Waals surface area contributed by atoms with Gasteiger partial charge < -0.3 is 18.8 Å². The Bertz CT molecular complexity index is 1530. The monoisotopic (exact) mass is 539 g/mol. The first kappa shape index (κ1) is 23.3. The van der Waals surface area contributed by atoms with Crippen molar-refractivity contribution in [2.75, 3.05) is 7.11 Å². The highest BCUT2D eigenvalue weighted by Gasteiger charge is 2.19. The number of unbranched alkanes of at least 4 members (excludes halogenated alkanes) is 2. The number of fused-ring (bicyclic) bond motifs is 2. The van der Waals surface area contributed by atoms with Gasteiger partial charge in [-0.25, -0.2) is 4.40 Å². The molecule has 0 fully saturated rings. The highest BCUT2D eigenvalue weighted by atomic mass is 79.9. The van der Waals surface area contributed by atoms with Crippen molar-refractivity contribution < 1.29 is 9.26 Å². The number of aryl methyl sites for hydroxylation is 3. The number of hydrogen-bond acceptors (Lipinski definition) is 7. The third kappa shape index (κ3) is 4.72. The van der Waals surface area contributed by atoms with E-state index in [1.807, 2.05) is 30.3 Å². The van der Waals surface area contributed by atoms with E-state index in [9.17, 15) is 4.79 Å². The van der Waals surface area contributed by atoms with Crippen molar-refractivity contribution in [1.29, 1.82) is 0 Å². The fraction of sp³-hybridized carbons (Fsp3) is 0.375. The Morgan fingerprint density at radius 2 is 2.06 bits per heavy atom. The van der Waals surface area contributed by atoms with E-state index in [1.54, 1.807) is 11.5 Å². The lowest BCUT2D eigenvalue weighted by Crippen LogP contribution is -2.21. The smallest absolute Gasteiger partial charge is 0.284 e. The number of benzene rings is 1. The second-order valence-corrected chi connectivity index (χ2v) is 9.28. The number of aromatic amines is 1. The third-order valence-corrected chi connectivity index (χ3v) is 6.41. The zero-order valence-corrected chi connectivity index (χ0v) is 21.2. The minimum absolute atomic E-state index is 0.170. The lowest BCUT2D eigenvalue weighted by atomic mass is 10.1. The number of rotatable bonds is 10. The Balaban J connectivity index is 1.39. The molecule has 5 aromatic rings. The quantitative estimate of drug-likeness (QED) is 0.265. The molecular weight excluding hydrogens is 514 g/mol. The molecule has 0 atom stereocenters. The second kappa shape index (κ2) is 10.0. The van der Waals surface area contributed by atoms with Crippen LogP contribution in [0.2, 0.25) is 0 Å². The minimum atomic E-state index is -0.170. The molecular formula is C24H26BrN7O3. The second-order valence-electron chi connectivity index (χ2n) is 8.43. The summed E-state index contributed by atoms with van der Waals surface area (Å²) in [5, 5.41) is 12.8. The average molecular weight is 540 g/mol. The van der Waals surface area contributed by atoms with Crippen LogP contribution in [0, 0.1) is 0 Å². The van der Waals surface area contributed by atoms with Crippen LogP contribution >= 0.6 is 15.9 Å². The van der Waals surface area contributed by atoms with Gasteiger partial charge in [0.15, 0.2) is 5.82 Å². The Morgan fingerprint density at radius 3 is 2.89 bits per heavy atom. The van der Waals surface area contributed by atoms with Crippen LogP contribution < -0.4 is 10.3 Å². The molecule has 182 valence electrons. The topological polar surface area (TPSA) is 116 Å². The van der Waals surface area contributed by atoms with Crippen LogP contribution in [-0.4, -0.2) is 41.4 Å². The van der Waals surface area contributed by atoms with Gasteiger partial charge in [-0.3, -0.25) is 4.79 Å². The first-order chi connectivity index (χ1) is 17.1. The van der Waals surface area contributed by atoms with Gasteiger partial charge in [0.25, 0.3) is 5.56 Å². The maximum absolute atomic E-state index is 13.3. The molecule has 4 aromatic heterocycles. The van der Waals surface area contributed by atoms with Crippen molar-refractivity contribution in [3.05, 3.63) is 68.4 Å². The van der Waals surface area contributed by atoms with E-state index >= 15 is 0 Å².